The number of aliphatic carboxylic acids is 1. The fourth-order valence-electron chi connectivity index (χ4n) is 3.40. The Hall–Kier alpha value is -2.76. The molecule has 3 aromatic rings. The topological polar surface area (TPSA) is 76.5 Å². The van der Waals surface area contributed by atoms with Gasteiger partial charge in [-0.15, -0.1) is 0 Å². The molecule has 1 aromatic heterocycles. The number of carbonyl (C=O) groups is 2. The van der Waals surface area contributed by atoms with E-state index in [0.717, 1.165) is 10.9 Å². The smallest absolute Gasteiger partial charge is 0.337 e. The van der Waals surface area contributed by atoms with Crippen molar-refractivity contribution in [3.8, 4) is 11.1 Å². The van der Waals surface area contributed by atoms with Gasteiger partial charge in [-0.1, -0.05) is 35.9 Å². The predicted molar refractivity (Wildman–Crippen MR) is 114 cm³/mol. The second kappa shape index (κ2) is 8.31. The molecule has 1 unspecified atom stereocenters. The molecular weight excluding hydrogens is 390 g/mol. The third-order valence-electron chi connectivity index (χ3n) is 4.65. The van der Waals surface area contributed by atoms with Crippen molar-refractivity contribution in [2.75, 3.05) is 0 Å². The molecule has 6 heteroatoms. The van der Waals surface area contributed by atoms with Gasteiger partial charge in [-0.25, -0.2) is 4.79 Å². The Kier molecular flexibility index (Phi) is 6.01. The Balaban J connectivity index is 2.38. The molecule has 0 bridgehead atoms. The summed E-state index contributed by atoms with van der Waals surface area (Å²) in [6.45, 7) is 6.86. The normalized spacial score (nSPS) is 12.3. The van der Waals surface area contributed by atoms with Gasteiger partial charge < -0.3 is 9.84 Å². The number of halogens is 1. The lowest BCUT2D eigenvalue weighted by molar-refractivity contribution is -0.153. The number of benzene rings is 2. The molecule has 5 nitrogen and oxygen atoms in total. The summed E-state index contributed by atoms with van der Waals surface area (Å²) in [5.74, 6) is -1.13. The number of hydrogen-bond acceptors (Lipinski definition) is 4. The lowest BCUT2D eigenvalue weighted by Gasteiger charge is -2.23. The van der Waals surface area contributed by atoms with Crippen molar-refractivity contribution >= 4 is 34.3 Å². The minimum Gasteiger partial charge on any atom is -0.479 e. The summed E-state index contributed by atoms with van der Waals surface area (Å²) in [5, 5.41) is 11.1. The van der Waals surface area contributed by atoms with Crippen LogP contribution in [0.1, 0.15) is 48.5 Å². The van der Waals surface area contributed by atoms with Crippen molar-refractivity contribution in [2.45, 2.75) is 39.9 Å². The number of ether oxygens (including phenoxy) is 1. The maximum atomic E-state index is 12.1. The molecule has 1 heterocycles. The summed E-state index contributed by atoms with van der Waals surface area (Å²) >= 11 is 6.24. The van der Waals surface area contributed by atoms with Crippen LogP contribution < -0.4 is 0 Å². The van der Waals surface area contributed by atoms with Gasteiger partial charge in [0.15, 0.2) is 11.9 Å². The number of aryl methyl sites for hydroxylation is 1. The summed E-state index contributed by atoms with van der Waals surface area (Å²) in [7, 11) is 0. The molecule has 1 atom stereocenters. The number of fused-ring (bicyclic) bond motifs is 1. The standard InChI is InChI=1S/C23H22ClNO4/c1-12(2)29-22(23(27)28)20-13(3)25-19-10-9-17(24)11-18(19)21(20)16-7-5-15(6-8-16)14(4)26/h5-12,22H,1-4H3,(H,27,28). The summed E-state index contributed by atoms with van der Waals surface area (Å²) in [6.07, 6.45) is -1.48. The van der Waals surface area contributed by atoms with E-state index in [1.807, 2.05) is 12.1 Å². The van der Waals surface area contributed by atoms with E-state index in [1.165, 1.54) is 6.92 Å². The van der Waals surface area contributed by atoms with E-state index in [2.05, 4.69) is 4.98 Å². The first-order chi connectivity index (χ1) is 13.7. The van der Waals surface area contributed by atoms with Gasteiger partial charge in [-0.05, 0) is 57.0 Å². The number of aromatic nitrogens is 1. The Morgan fingerprint density at radius 3 is 2.31 bits per heavy atom. The number of hydrogen-bond donors (Lipinski definition) is 1. The minimum atomic E-state index is -1.19. The van der Waals surface area contributed by atoms with Gasteiger partial charge in [-0.2, -0.15) is 0 Å². The van der Waals surface area contributed by atoms with Crippen LogP contribution in [0.5, 0.6) is 0 Å². The van der Waals surface area contributed by atoms with Crippen molar-refractivity contribution in [3.63, 3.8) is 0 Å². The molecule has 0 radical (unpaired) electrons. The zero-order valence-corrected chi connectivity index (χ0v) is 17.4. The molecule has 0 amide bonds. The fourth-order valence-corrected chi connectivity index (χ4v) is 3.57. The lowest BCUT2D eigenvalue weighted by atomic mass is 9.90. The Bertz CT molecular complexity index is 1090. The monoisotopic (exact) mass is 411 g/mol. The molecule has 150 valence electrons. The van der Waals surface area contributed by atoms with Crippen LogP contribution in [-0.4, -0.2) is 27.9 Å². The van der Waals surface area contributed by atoms with Crippen molar-refractivity contribution < 1.29 is 19.4 Å². The first-order valence-corrected chi connectivity index (χ1v) is 9.66. The molecule has 29 heavy (non-hydrogen) atoms. The zero-order chi connectivity index (χ0) is 21.3. The van der Waals surface area contributed by atoms with Crippen molar-refractivity contribution in [3.05, 3.63) is 64.3 Å². The summed E-state index contributed by atoms with van der Waals surface area (Å²) < 4.78 is 5.76. The number of ketones is 1. The highest BCUT2D eigenvalue weighted by Crippen LogP contribution is 2.39. The highest BCUT2D eigenvalue weighted by Gasteiger charge is 2.29. The third-order valence-corrected chi connectivity index (χ3v) is 4.89. The minimum absolute atomic E-state index is 0.0397. The summed E-state index contributed by atoms with van der Waals surface area (Å²) in [6, 6.07) is 12.4. The second-order valence-corrected chi connectivity index (χ2v) is 7.62. The van der Waals surface area contributed by atoms with E-state index in [0.29, 0.717) is 32.9 Å². The number of Topliss-reactive ketones (excluding diaryl/α,β-unsaturated/α-hetero) is 1. The SMILES string of the molecule is CC(=O)c1ccc(-c2c(C(OC(C)C)C(=O)O)c(C)nc3ccc(Cl)cc23)cc1. The molecule has 0 aliphatic rings. The molecule has 0 spiro atoms. The van der Waals surface area contributed by atoms with Crippen LogP contribution in [0.25, 0.3) is 22.0 Å². The van der Waals surface area contributed by atoms with Crippen LogP contribution in [0.4, 0.5) is 0 Å². The average Bonchev–Trinajstić information content (AvgIpc) is 2.65. The van der Waals surface area contributed by atoms with Gasteiger partial charge in [0.05, 0.1) is 11.6 Å². The fraction of sp³-hybridized carbons (Fsp3) is 0.261. The number of rotatable bonds is 6. The molecule has 3 rings (SSSR count). The molecule has 0 fully saturated rings. The maximum Gasteiger partial charge on any atom is 0.337 e. The molecule has 2 aromatic carbocycles. The quantitative estimate of drug-likeness (QED) is 0.533. The molecule has 0 saturated carbocycles. The molecule has 0 aliphatic heterocycles. The molecular formula is C23H22ClNO4. The largest absolute Gasteiger partial charge is 0.479 e. The number of carbonyl (C=O) groups excluding carboxylic acids is 1. The van der Waals surface area contributed by atoms with Crippen LogP contribution in [0.2, 0.25) is 5.02 Å². The number of carboxylic acids is 1. The van der Waals surface area contributed by atoms with Crippen LogP contribution in [0.3, 0.4) is 0 Å². The van der Waals surface area contributed by atoms with Gasteiger partial charge >= 0.3 is 5.97 Å². The number of pyridine rings is 1. The third kappa shape index (κ3) is 4.31. The Morgan fingerprint density at radius 1 is 1.10 bits per heavy atom. The van der Waals surface area contributed by atoms with Gasteiger partial charge in [0.1, 0.15) is 0 Å². The second-order valence-electron chi connectivity index (χ2n) is 7.18. The first-order valence-electron chi connectivity index (χ1n) is 9.28. The van der Waals surface area contributed by atoms with Gasteiger partial charge in [0.25, 0.3) is 0 Å². The summed E-state index contributed by atoms with van der Waals surface area (Å²) in [4.78, 5) is 28.4. The number of nitrogens with zero attached hydrogens (tertiary/aromatic N) is 1. The van der Waals surface area contributed by atoms with E-state index >= 15 is 0 Å². The van der Waals surface area contributed by atoms with Crippen LogP contribution in [0.15, 0.2) is 42.5 Å². The highest BCUT2D eigenvalue weighted by molar-refractivity contribution is 6.31. The van der Waals surface area contributed by atoms with E-state index in [9.17, 15) is 14.7 Å². The zero-order valence-electron chi connectivity index (χ0n) is 16.7. The molecule has 0 saturated heterocycles. The van der Waals surface area contributed by atoms with Gasteiger partial charge in [-0.3, -0.25) is 9.78 Å². The maximum absolute atomic E-state index is 12.1. The van der Waals surface area contributed by atoms with E-state index < -0.39 is 12.1 Å². The van der Waals surface area contributed by atoms with E-state index in [1.54, 1.807) is 51.1 Å². The molecule has 1 N–H and O–H groups in total. The lowest BCUT2D eigenvalue weighted by Crippen LogP contribution is -2.21. The molecule has 0 aliphatic carbocycles. The highest BCUT2D eigenvalue weighted by atomic mass is 35.5. The van der Waals surface area contributed by atoms with Crippen molar-refractivity contribution in [1.29, 1.82) is 0 Å². The van der Waals surface area contributed by atoms with E-state index in [-0.39, 0.29) is 11.9 Å². The predicted octanol–water partition coefficient (Wildman–Crippen LogP) is 5.62. The van der Waals surface area contributed by atoms with Crippen molar-refractivity contribution in [2.24, 2.45) is 0 Å². The number of carboxylic acid groups (broad SMARTS) is 1. The summed E-state index contributed by atoms with van der Waals surface area (Å²) in [5.41, 5.74) is 3.79. The Morgan fingerprint density at radius 2 is 1.76 bits per heavy atom. The van der Waals surface area contributed by atoms with Gasteiger partial charge in [0.2, 0.25) is 0 Å². The van der Waals surface area contributed by atoms with Gasteiger partial charge in [0, 0.05) is 27.2 Å². The average molecular weight is 412 g/mol. The Labute approximate surface area is 174 Å². The van der Waals surface area contributed by atoms with Crippen molar-refractivity contribution in [1.82, 2.24) is 4.98 Å². The van der Waals surface area contributed by atoms with Crippen LogP contribution in [-0.2, 0) is 9.53 Å². The first kappa shape index (κ1) is 21.0. The van der Waals surface area contributed by atoms with Crippen LogP contribution in [0, 0.1) is 6.92 Å². The van der Waals surface area contributed by atoms with Crippen LogP contribution >= 0.6 is 11.6 Å². The van der Waals surface area contributed by atoms with E-state index in [4.69, 9.17) is 16.3 Å².